The first-order chi connectivity index (χ1) is 9.15. The van der Waals surface area contributed by atoms with Crippen molar-refractivity contribution in [2.45, 2.75) is 32.2 Å². The Morgan fingerprint density at radius 2 is 2.26 bits per heavy atom. The molecule has 7 heteroatoms. The third-order valence-electron chi connectivity index (χ3n) is 3.33. The average molecular weight is 265 g/mol. The molecule has 19 heavy (non-hydrogen) atoms. The summed E-state index contributed by atoms with van der Waals surface area (Å²) in [5.74, 6) is 0.490. The van der Waals surface area contributed by atoms with Crippen LogP contribution >= 0.6 is 0 Å². The van der Waals surface area contributed by atoms with E-state index in [0.29, 0.717) is 24.2 Å². The molecular weight excluding hydrogens is 246 g/mol. The maximum absolute atomic E-state index is 9.17. The molecule has 1 fully saturated rings. The van der Waals surface area contributed by atoms with Crippen molar-refractivity contribution < 1.29 is 10.3 Å². The molecule has 1 aliphatic carbocycles. The fourth-order valence-corrected chi connectivity index (χ4v) is 2.12. The number of hydrogen-bond donors (Lipinski definition) is 3. The molecule has 7 nitrogen and oxygen atoms in total. The molecule has 1 aromatic heterocycles. The van der Waals surface area contributed by atoms with Gasteiger partial charge in [-0.25, -0.2) is 9.97 Å². The highest BCUT2D eigenvalue weighted by molar-refractivity contribution is 5.95. The normalized spacial score (nSPS) is 16.2. The van der Waals surface area contributed by atoms with Gasteiger partial charge in [-0.05, 0) is 32.3 Å². The van der Waals surface area contributed by atoms with Gasteiger partial charge in [-0.15, -0.1) is 0 Å². The highest BCUT2D eigenvalue weighted by Gasteiger charge is 2.27. The van der Waals surface area contributed by atoms with Crippen LogP contribution in [0.1, 0.15) is 30.7 Å². The smallest absolute Gasteiger partial charge is 0.226 e. The number of anilines is 1. The van der Waals surface area contributed by atoms with Gasteiger partial charge in [0.05, 0.1) is 6.61 Å². The first-order valence-electron chi connectivity index (χ1n) is 6.36. The summed E-state index contributed by atoms with van der Waals surface area (Å²) in [4.78, 5) is 10.7. The molecule has 104 valence electrons. The number of hydrogen-bond acceptors (Lipinski definition) is 6. The Kier molecular flexibility index (Phi) is 4.16. The fraction of sp³-hybridized carbons (Fsp3) is 0.583. The van der Waals surface area contributed by atoms with Crippen molar-refractivity contribution in [3.05, 3.63) is 17.5 Å². The minimum absolute atomic E-state index is 0.0377. The van der Waals surface area contributed by atoms with E-state index in [1.165, 1.54) is 6.42 Å². The Labute approximate surface area is 111 Å². The lowest BCUT2D eigenvalue weighted by atomic mass is 9.92. The number of nitrogens with zero attached hydrogens (tertiary/aromatic N) is 4. The first kappa shape index (κ1) is 13.5. The maximum Gasteiger partial charge on any atom is 0.226 e. The standard InChI is InChI=1S/C12H19N5O2/c1-8-7-10(11(13)16-19)15-12(14-8)17(5-6-18)9-3-2-4-9/h7,9,18-19H,2-6H2,1H3,(H2,13,16). The Morgan fingerprint density at radius 3 is 2.79 bits per heavy atom. The van der Waals surface area contributed by atoms with E-state index in [4.69, 9.17) is 10.9 Å². The van der Waals surface area contributed by atoms with Gasteiger partial charge in [-0.2, -0.15) is 0 Å². The second kappa shape index (κ2) is 5.83. The van der Waals surface area contributed by atoms with Gasteiger partial charge in [-0.3, -0.25) is 0 Å². The molecule has 0 amide bonds. The average Bonchev–Trinajstić information content (AvgIpc) is 2.34. The predicted molar refractivity (Wildman–Crippen MR) is 71.4 cm³/mol. The van der Waals surface area contributed by atoms with Gasteiger partial charge in [0.15, 0.2) is 5.84 Å². The first-order valence-corrected chi connectivity index (χ1v) is 6.36. The van der Waals surface area contributed by atoms with Gasteiger partial charge >= 0.3 is 0 Å². The summed E-state index contributed by atoms with van der Waals surface area (Å²) in [6.07, 6.45) is 3.35. The van der Waals surface area contributed by atoms with Gasteiger partial charge in [-0.1, -0.05) is 5.16 Å². The van der Waals surface area contributed by atoms with E-state index < -0.39 is 0 Å². The van der Waals surface area contributed by atoms with Gasteiger partial charge in [0.25, 0.3) is 0 Å². The summed E-state index contributed by atoms with van der Waals surface area (Å²) in [5, 5.41) is 20.9. The van der Waals surface area contributed by atoms with Crippen LogP contribution in [0.2, 0.25) is 0 Å². The van der Waals surface area contributed by atoms with Crippen LogP contribution in [-0.2, 0) is 0 Å². The van der Waals surface area contributed by atoms with Crippen LogP contribution in [0, 0.1) is 6.92 Å². The van der Waals surface area contributed by atoms with Crippen molar-refractivity contribution in [2.24, 2.45) is 10.9 Å². The van der Waals surface area contributed by atoms with Crippen LogP contribution in [0.4, 0.5) is 5.95 Å². The highest BCUT2D eigenvalue weighted by atomic mass is 16.4. The van der Waals surface area contributed by atoms with E-state index >= 15 is 0 Å². The summed E-state index contributed by atoms with van der Waals surface area (Å²) < 4.78 is 0. The van der Waals surface area contributed by atoms with Crippen molar-refractivity contribution >= 4 is 11.8 Å². The van der Waals surface area contributed by atoms with Crippen molar-refractivity contribution in [3.63, 3.8) is 0 Å². The number of nitrogens with two attached hydrogens (primary N) is 1. The minimum Gasteiger partial charge on any atom is -0.409 e. The Bertz CT molecular complexity index is 473. The summed E-state index contributed by atoms with van der Waals surface area (Å²) in [6, 6.07) is 2.03. The lowest BCUT2D eigenvalue weighted by Gasteiger charge is -2.37. The molecule has 1 heterocycles. The second-order valence-electron chi connectivity index (χ2n) is 4.68. The zero-order valence-electron chi connectivity index (χ0n) is 11.0. The number of aliphatic hydroxyl groups is 1. The molecule has 0 radical (unpaired) electrons. The quantitative estimate of drug-likeness (QED) is 0.304. The number of amidine groups is 1. The molecule has 0 unspecified atom stereocenters. The largest absolute Gasteiger partial charge is 0.409 e. The molecule has 0 aliphatic heterocycles. The van der Waals surface area contributed by atoms with Crippen molar-refractivity contribution in [2.75, 3.05) is 18.1 Å². The molecule has 0 saturated heterocycles. The Hall–Kier alpha value is -1.89. The van der Waals surface area contributed by atoms with Gasteiger partial charge in [0.2, 0.25) is 5.95 Å². The SMILES string of the molecule is Cc1cc(/C(N)=N/O)nc(N(CCO)C2CCC2)n1. The van der Waals surface area contributed by atoms with E-state index in [0.717, 1.165) is 18.5 Å². The van der Waals surface area contributed by atoms with Crippen molar-refractivity contribution in [1.29, 1.82) is 0 Å². The molecule has 0 aromatic carbocycles. The lowest BCUT2D eigenvalue weighted by molar-refractivity contribution is 0.282. The fourth-order valence-electron chi connectivity index (χ4n) is 2.12. The monoisotopic (exact) mass is 265 g/mol. The molecule has 1 saturated carbocycles. The van der Waals surface area contributed by atoms with Crippen molar-refractivity contribution in [1.82, 2.24) is 9.97 Å². The van der Waals surface area contributed by atoms with E-state index in [1.54, 1.807) is 6.07 Å². The second-order valence-corrected chi connectivity index (χ2v) is 4.68. The van der Waals surface area contributed by atoms with Gasteiger partial charge < -0.3 is 20.9 Å². The van der Waals surface area contributed by atoms with Crippen LogP contribution in [0.3, 0.4) is 0 Å². The summed E-state index contributed by atoms with van der Waals surface area (Å²) >= 11 is 0. The topological polar surface area (TPSA) is 108 Å². The predicted octanol–water partition coefficient (Wildman–Crippen LogP) is 0.231. The van der Waals surface area contributed by atoms with Crippen LogP contribution in [0.5, 0.6) is 0 Å². The van der Waals surface area contributed by atoms with Crippen LogP contribution < -0.4 is 10.6 Å². The third kappa shape index (κ3) is 2.93. The van der Waals surface area contributed by atoms with E-state index in [-0.39, 0.29) is 12.4 Å². The lowest BCUT2D eigenvalue weighted by Crippen LogP contribution is -2.43. The molecule has 2 rings (SSSR count). The summed E-state index contributed by atoms with van der Waals surface area (Å²) in [6.45, 7) is 2.37. The molecule has 0 atom stereocenters. The Morgan fingerprint density at radius 1 is 1.53 bits per heavy atom. The molecular formula is C12H19N5O2. The minimum atomic E-state index is -0.0377. The molecule has 4 N–H and O–H groups in total. The number of aryl methyl sites for hydroxylation is 1. The van der Waals surface area contributed by atoms with Crippen molar-refractivity contribution in [3.8, 4) is 0 Å². The molecule has 0 bridgehead atoms. The molecule has 1 aromatic rings. The number of aromatic nitrogens is 2. The van der Waals surface area contributed by atoms with Crippen LogP contribution in [0.15, 0.2) is 11.2 Å². The van der Waals surface area contributed by atoms with E-state index in [2.05, 4.69) is 15.1 Å². The zero-order chi connectivity index (χ0) is 13.8. The number of aliphatic hydroxyl groups excluding tert-OH is 1. The number of oxime groups is 1. The molecule has 1 aliphatic rings. The molecule has 0 spiro atoms. The maximum atomic E-state index is 9.17. The van der Waals surface area contributed by atoms with Crippen LogP contribution in [0.25, 0.3) is 0 Å². The van der Waals surface area contributed by atoms with Gasteiger partial charge in [0, 0.05) is 18.3 Å². The number of rotatable bonds is 5. The van der Waals surface area contributed by atoms with E-state index in [9.17, 15) is 5.11 Å². The zero-order valence-corrected chi connectivity index (χ0v) is 11.0. The van der Waals surface area contributed by atoms with Crippen LogP contribution in [-0.4, -0.2) is 45.3 Å². The highest BCUT2D eigenvalue weighted by Crippen LogP contribution is 2.27. The summed E-state index contributed by atoms with van der Waals surface area (Å²) in [5.41, 5.74) is 6.71. The Balaban J connectivity index is 2.33. The summed E-state index contributed by atoms with van der Waals surface area (Å²) in [7, 11) is 0. The van der Waals surface area contributed by atoms with Gasteiger partial charge in [0.1, 0.15) is 5.69 Å². The third-order valence-corrected chi connectivity index (χ3v) is 3.33. The van der Waals surface area contributed by atoms with E-state index in [1.807, 2.05) is 11.8 Å².